The quantitative estimate of drug-likeness (QED) is 0.0676. The first-order valence-corrected chi connectivity index (χ1v) is 18.8. The van der Waals surface area contributed by atoms with Crippen LogP contribution >= 0.6 is 7.75 Å². The Balaban J connectivity index is 1.30. The van der Waals surface area contributed by atoms with Crippen LogP contribution in [-0.2, 0) is 28.9 Å². The summed E-state index contributed by atoms with van der Waals surface area (Å²) in [5, 5.41) is 25.2. The van der Waals surface area contributed by atoms with Gasteiger partial charge in [0.25, 0.3) is 0 Å². The molecule has 1 fully saturated rings. The Morgan fingerprint density at radius 3 is 1.85 bits per heavy atom. The number of hydrogen-bond acceptors (Lipinski definition) is 9. The Labute approximate surface area is 303 Å². The number of ether oxygens (including phenoxy) is 2. The lowest BCUT2D eigenvalue weighted by Crippen LogP contribution is -2.38. The molecule has 52 heavy (non-hydrogen) atoms. The minimum atomic E-state index is -4.26. The van der Waals surface area contributed by atoms with Gasteiger partial charge in [-0.05, 0) is 56.5 Å². The number of nitrogens with one attached hydrogen (secondary N) is 1. The van der Waals surface area contributed by atoms with Crippen molar-refractivity contribution in [2.45, 2.75) is 69.8 Å². The van der Waals surface area contributed by atoms with Gasteiger partial charge in [-0.2, -0.15) is 5.09 Å². The molecular formula is C40H44N3O8P. The summed E-state index contributed by atoms with van der Waals surface area (Å²) in [4.78, 5) is 17.5. The fraction of sp³-hybridized carbons (Fsp3) is 0.300. The van der Waals surface area contributed by atoms with Crippen LogP contribution in [0.5, 0.6) is 5.75 Å². The third-order valence-corrected chi connectivity index (χ3v) is 10.6. The Morgan fingerprint density at radius 2 is 1.35 bits per heavy atom. The summed E-state index contributed by atoms with van der Waals surface area (Å²) in [7, 11) is -4.26. The minimum Gasteiger partial charge on any atom is -0.462 e. The maximum atomic E-state index is 14.1. The van der Waals surface area contributed by atoms with E-state index in [-0.39, 0.29) is 5.75 Å². The van der Waals surface area contributed by atoms with Gasteiger partial charge in [-0.15, -0.1) is 0 Å². The number of carbonyl (C=O) groups excluding carboxylic acids is 1. The third-order valence-electron chi connectivity index (χ3n) is 8.93. The van der Waals surface area contributed by atoms with Crippen molar-refractivity contribution in [1.82, 2.24) is 14.6 Å². The predicted octanol–water partition coefficient (Wildman–Crippen LogP) is 6.33. The summed E-state index contributed by atoms with van der Waals surface area (Å²) in [5.41, 5.74) is 2.51. The predicted molar refractivity (Wildman–Crippen MR) is 196 cm³/mol. The van der Waals surface area contributed by atoms with Crippen LogP contribution in [-0.4, -0.2) is 62.8 Å². The van der Waals surface area contributed by atoms with E-state index in [9.17, 15) is 19.6 Å². The van der Waals surface area contributed by atoms with Gasteiger partial charge in [-0.25, -0.2) is 9.55 Å². The largest absolute Gasteiger partial charge is 0.462 e. The van der Waals surface area contributed by atoms with E-state index >= 15 is 0 Å². The van der Waals surface area contributed by atoms with Crippen molar-refractivity contribution in [1.29, 1.82) is 0 Å². The van der Waals surface area contributed by atoms with Crippen LogP contribution < -0.4 is 9.61 Å². The summed E-state index contributed by atoms with van der Waals surface area (Å²) in [6.45, 7) is 6.34. The van der Waals surface area contributed by atoms with E-state index in [1.807, 2.05) is 67.7 Å². The van der Waals surface area contributed by atoms with Gasteiger partial charge >= 0.3 is 13.7 Å². The van der Waals surface area contributed by atoms with E-state index in [2.05, 4.69) is 46.1 Å². The number of para-hydroxylation sites is 1. The molecule has 1 aliphatic heterocycles. The van der Waals surface area contributed by atoms with Gasteiger partial charge in [0.1, 0.15) is 47.6 Å². The van der Waals surface area contributed by atoms with Crippen molar-refractivity contribution >= 4 is 13.7 Å². The highest BCUT2D eigenvalue weighted by Crippen LogP contribution is 2.47. The molecule has 1 aromatic heterocycles. The highest BCUT2D eigenvalue weighted by Gasteiger charge is 2.47. The first-order valence-electron chi connectivity index (χ1n) is 17.2. The van der Waals surface area contributed by atoms with Crippen molar-refractivity contribution in [2.75, 3.05) is 6.61 Å². The van der Waals surface area contributed by atoms with E-state index in [4.69, 9.17) is 23.5 Å². The van der Waals surface area contributed by atoms with Crippen molar-refractivity contribution in [2.24, 2.45) is 0 Å². The molecule has 0 amide bonds. The van der Waals surface area contributed by atoms with E-state index in [0.29, 0.717) is 11.5 Å². The number of imidazole rings is 1. The number of aliphatic hydroxyl groups excluding tert-OH is 2. The minimum absolute atomic E-state index is 0.230. The second-order valence-electron chi connectivity index (χ2n) is 13.0. The molecule has 4 aromatic carbocycles. The lowest BCUT2D eigenvalue weighted by molar-refractivity contribution is -0.149. The molecule has 0 unspecified atom stereocenters. The van der Waals surface area contributed by atoms with E-state index < -0.39 is 62.4 Å². The summed E-state index contributed by atoms with van der Waals surface area (Å²) in [6, 6.07) is 37.6. The SMILES string of the molecule is Cc1nc([C@@H]2O[C@H](CO[P@](=O)(N[C@H](C)C(=O)OC(C)C)Oc3ccccc3)[C@@H](O)[C@H]2O)cn1C(c1ccccc1)(c1ccccc1)c1ccccc1. The lowest BCUT2D eigenvalue weighted by atomic mass is 9.76. The molecule has 6 rings (SSSR count). The number of carbonyl (C=O) groups is 1. The van der Waals surface area contributed by atoms with E-state index in [1.165, 1.54) is 6.92 Å². The van der Waals surface area contributed by atoms with Gasteiger partial charge in [0, 0.05) is 6.20 Å². The number of aliphatic hydroxyl groups is 2. The zero-order valence-corrected chi connectivity index (χ0v) is 30.4. The van der Waals surface area contributed by atoms with Crippen LogP contribution in [0, 0.1) is 6.92 Å². The molecule has 272 valence electrons. The summed E-state index contributed by atoms with van der Waals surface area (Å²) < 4.78 is 39.2. The number of hydrogen-bond donors (Lipinski definition) is 3. The van der Waals surface area contributed by atoms with Crippen LogP contribution in [0.4, 0.5) is 0 Å². The molecule has 3 N–H and O–H groups in total. The van der Waals surface area contributed by atoms with Gasteiger partial charge < -0.3 is 28.8 Å². The molecule has 0 radical (unpaired) electrons. The fourth-order valence-electron chi connectivity index (χ4n) is 6.56. The van der Waals surface area contributed by atoms with Gasteiger partial charge in [-0.1, -0.05) is 109 Å². The summed E-state index contributed by atoms with van der Waals surface area (Å²) in [6.07, 6.45) is -3.53. The van der Waals surface area contributed by atoms with Gasteiger partial charge in [-0.3, -0.25) is 9.32 Å². The molecule has 1 aliphatic rings. The molecule has 5 aromatic rings. The first kappa shape index (κ1) is 37.2. The molecule has 6 atom stereocenters. The molecule has 12 heteroatoms. The molecule has 0 spiro atoms. The van der Waals surface area contributed by atoms with Crippen molar-refractivity contribution in [3.8, 4) is 5.75 Å². The maximum absolute atomic E-state index is 14.1. The monoisotopic (exact) mass is 725 g/mol. The second kappa shape index (κ2) is 16.0. The fourth-order valence-corrected chi connectivity index (χ4v) is 8.07. The highest BCUT2D eigenvalue weighted by molar-refractivity contribution is 7.52. The number of aryl methyl sites for hydroxylation is 1. The Kier molecular flexibility index (Phi) is 11.4. The smallest absolute Gasteiger partial charge is 0.459 e. The molecule has 1 saturated heterocycles. The van der Waals surface area contributed by atoms with Crippen LogP contribution in [0.1, 0.15) is 55.1 Å². The Morgan fingerprint density at radius 1 is 0.846 bits per heavy atom. The topological polar surface area (TPSA) is 141 Å². The molecule has 2 heterocycles. The Hall–Kier alpha value is -4.61. The van der Waals surface area contributed by atoms with Crippen LogP contribution in [0.15, 0.2) is 128 Å². The van der Waals surface area contributed by atoms with Crippen molar-refractivity contribution in [3.05, 3.63) is 156 Å². The average molecular weight is 726 g/mol. The number of rotatable bonds is 14. The van der Waals surface area contributed by atoms with Gasteiger partial charge in [0.2, 0.25) is 0 Å². The first-order chi connectivity index (χ1) is 25.0. The second-order valence-corrected chi connectivity index (χ2v) is 14.7. The zero-order chi connectivity index (χ0) is 36.9. The van der Waals surface area contributed by atoms with E-state index in [0.717, 1.165) is 16.7 Å². The molecule has 0 bridgehead atoms. The average Bonchev–Trinajstić information content (AvgIpc) is 3.67. The van der Waals surface area contributed by atoms with Gasteiger partial charge in [0.15, 0.2) is 0 Å². The van der Waals surface area contributed by atoms with Crippen LogP contribution in [0.3, 0.4) is 0 Å². The molecular weight excluding hydrogens is 681 g/mol. The number of aromatic nitrogens is 2. The van der Waals surface area contributed by atoms with Gasteiger partial charge in [0.05, 0.1) is 18.4 Å². The zero-order valence-electron chi connectivity index (χ0n) is 29.5. The summed E-state index contributed by atoms with van der Waals surface area (Å²) in [5.74, 6) is 0.226. The molecule has 0 saturated carbocycles. The number of benzene rings is 4. The van der Waals surface area contributed by atoms with Crippen LogP contribution in [0.25, 0.3) is 0 Å². The normalized spacial score (nSPS) is 20.7. The van der Waals surface area contributed by atoms with Crippen LogP contribution in [0.2, 0.25) is 0 Å². The van der Waals surface area contributed by atoms with Crippen molar-refractivity contribution in [3.63, 3.8) is 0 Å². The number of esters is 1. The van der Waals surface area contributed by atoms with Crippen molar-refractivity contribution < 1.29 is 38.1 Å². The lowest BCUT2D eigenvalue weighted by Gasteiger charge is -2.38. The Bertz CT molecular complexity index is 1860. The highest BCUT2D eigenvalue weighted by atomic mass is 31.2. The summed E-state index contributed by atoms with van der Waals surface area (Å²) >= 11 is 0. The third kappa shape index (κ3) is 7.76. The molecule has 11 nitrogen and oxygen atoms in total. The molecule has 0 aliphatic carbocycles. The maximum Gasteiger partial charge on any atom is 0.459 e. The standard InChI is InChI=1S/C40H44N3O8P/c1-27(2)49-39(46)28(3)42-52(47,51-33-23-15-8-16-24-33)48-26-35-36(44)37(45)38(50-35)34-25-43(29(4)41-34)40(30-17-9-5-10-18-30,31-19-11-6-12-20-31)32-21-13-7-14-22-32/h5-25,27-28,35-38,44-45H,26H2,1-4H3,(H,42,47)/t28-,35-,36-,37-,38+,52-/m1/s1. The number of nitrogens with zero attached hydrogens (tertiary/aromatic N) is 2. The van der Waals surface area contributed by atoms with E-state index in [1.54, 1.807) is 44.2 Å².